The Morgan fingerprint density at radius 3 is 2.35 bits per heavy atom. The molecule has 8 nitrogen and oxygen atoms in total. The van der Waals surface area contributed by atoms with E-state index in [4.69, 9.17) is 4.74 Å². The van der Waals surface area contributed by atoms with Gasteiger partial charge in [-0.05, 0) is 33.3 Å². The van der Waals surface area contributed by atoms with Crippen molar-refractivity contribution < 1.29 is 27.6 Å². The number of likely N-dealkylation sites (tertiary alicyclic amines) is 1. The van der Waals surface area contributed by atoms with Gasteiger partial charge in [-0.3, -0.25) is 15.0 Å². The van der Waals surface area contributed by atoms with Crippen LogP contribution >= 0.6 is 0 Å². The monoisotopic (exact) mass is 444 g/mol. The van der Waals surface area contributed by atoms with Crippen LogP contribution in [0, 0.1) is 15.9 Å². The molecule has 2 aliphatic heterocycles. The van der Waals surface area contributed by atoms with Crippen LogP contribution in [0.2, 0.25) is 0 Å². The number of carbonyl (C=O) groups is 1. The molecule has 1 atom stereocenters. The van der Waals surface area contributed by atoms with Gasteiger partial charge in [0.05, 0.1) is 29.3 Å². The number of nitro benzene ring substituents is 1. The second-order valence-corrected chi connectivity index (χ2v) is 8.88. The summed E-state index contributed by atoms with van der Waals surface area (Å²) in [4.78, 5) is 26.7. The molecule has 31 heavy (non-hydrogen) atoms. The van der Waals surface area contributed by atoms with Crippen molar-refractivity contribution in [3.63, 3.8) is 0 Å². The molecule has 2 fully saturated rings. The lowest BCUT2D eigenvalue weighted by atomic mass is 9.98. The van der Waals surface area contributed by atoms with Gasteiger partial charge in [-0.2, -0.15) is 0 Å². The average Bonchev–Trinajstić information content (AvgIpc) is 2.66. The third-order valence-electron chi connectivity index (χ3n) is 5.45. The summed E-state index contributed by atoms with van der Waals surface area (Å²) in [5.74, 6) is -3.81. The highest BCUT2D eigenvalue weighted by molar-refractivity contribution is 5.68. The summed E-state index contributed by atoms with van der Waals surface area (Å²) in [6.45, 7) is 5.74. The Morgan fingerprint density at radius 1 is 1.19 bits per heavy atom. The molecule has 172 valence electrons. The van der Waals surface area contributed by atoms with E-state index in [-0.39, 0.29) is 24.3 Å². The molecule has 11 heteroatoms. The van der Waals surface area contributed by atoms with Gasteiger partial charge in [0.2, 0.25) is 0 Å². The van der Waals surface area contributed by atoms with Gasteiger partial charge < -0.3 is 14.5 Å². The van der Waals surface area contributed by atoms with Crippen LogP contribution in [-0.4, -0.2) is 77.7 Å². The van der Waals surface area contributed by atoms with Crippen molar-refractivity contribution in [1.82, 2.24) is 9.80 Å². The number of rotatable bonds is 3. The van der Waals surface area contributed by atoms with Crippen molar-refractivity contribution >= 4 is 17.5 Å². The third-order valence-corrected chi connectivity index (χ3v) is 5.45. The summed E-state index contributed by atoms with van der Waals surface area (Å²) in [6.07, 6.45) is -0.637. The van der Waals surface area contributed by atoms with Crippen molar-refractivity contribution in [3.05, 3.63) is 34.1 Å². The zero-order valence-electron chi connectivity index (χ0n) is 17.8. The smallest absolute Gasteiger partial charge is 0.410 e. The number of nitro groups is 1. The summed E-state index contributed by atoms with van der Waals surface area (Å²) in [6, 6.07) is 2.42. The molecule has 2 aliphatic rings. The number of nitrogens with zero attached hydrogens (tertiary/aromatic N) is 4. The van der Waals surface area contributed by atoms with Crippen LogP contribution in [0.25, 0.3) is 0 Å². The van der Waals surface area contributed by atoms with Crippen molar-refractivity contribution in [2.24, 2.45) is 0 Å². The Labute approximate surface area is 178 Å². The van der Waals surface area contributed by atoms with E-state index in [1.807, 2.05) is 0 Å². The number of ether oxygens (including phenoxy) is 1. The first-order valence-corrected chi connectivity index (χ1v) is 10.2. The van der Waals surface area contributed by atoms with E-state index in [0.717, 1.165) is 11.0 Å². The van der Waals surface area contributed by atoms with E-state index in [0.29, 0.717) is 26.2 Å². The number of hydrogen-bond acceptors (Lipinski definition) is 6. The SMILES string of the molecule is CC(C)(C)OC(=O)N1CC[C@H](N2CCN(c3ccc([N+](=O)[O-])cc3F)CC2)C(F)(F)C1. The van der Waals surface area contributed by atoms with E-state index in [1.54, 1.807) is 30.6 Å². The van der Waals surface area contributed by atoms with E-state index in [9.17, 15) is 28.1 Å². The summed E-state index contributed by atoms with van der Waals surface area (Å²) in [5, 5.41) is 10.8. The molecule has 2 heterocycles. The van der Waals surface area contributed by atoms with Gasteiger partial charge in [0.1, 0.15) is 5.60 Å². The Hall–Kier alpha value is -2.56. The molecule has 0 bridgehead atoms. The molecule has 0 spiro atoms. The molecule has 1 aromatic rings. The number of amides is 1. The minimum atomic E-state index is -3.10. The Bertz CT molecular complexity index is 838. The molecular weight excluding hydrogens is 417 g/mol. The highest BCUT2D eigenvalue weighted by atomic mass is 19.3. The lowest BCUT2D eigenvalue weighted by Gasteiger charge is -2.46. The maximum Gasteiger partial charge on any atom is 0.410 e. The number of benzene rings is 1. The minimum absolute atomic E-state index is 0.109. The first-order valence-electron chi connectivity index (χ1n) is 10.2. The van der Waals surface area contributed by atoms with Crippen LogP contribution in [0.5, 0.6) is 0 Å². The standard InChI is InChI=1S/C20H27F3N4O4/c1-19(2,3)31-18(28)26-7-6-17(20(22,23)13-26)25-10-8-24(9-11-25)16-5-4-14(27(29)30)12-15(16)21/h4-5,12,17H,6-11,13H2,1-3H3/t17-/m0/s1. The normalized spacial score (nSPS) is 22.3. The van der Waals surface area contributed by atoms with Gasteiger partial charge in [-0.1, -0.05) is 0 Å². The first kappa shape index (κ1) is 23.1. The molecule has 1 aromatic carbocycles. The fraction of sp³-hybridized carbons (Fsp3) is 0.650. The third kappa shape index (κ3) is 5.38. The quantitative estimate of drug-likeness (QED) is 0.525. The van der Waals surface area contributed by atoms with Crippen LogP contribution in [0.15, 0.2) is 18.2 Å². The number of piperidine rings is 1. The van der Waals surface area contributed by atoms with Crippen LogP contribution in [0.1, 0.15) is 27.2 Å². The predicted octanol–water partition coefficient (Wildman–Crippen LogP) is 3.50. The highest BCUT2D eigenvalue weighted by Crippen LogP contribution is 2.33. The van der Waals surface area contributed by atoms with Crippen molar-refractivity contribution in [1.29, 1.82) is 0 Å². The number of hydrogen-bond donors (Lipinski definition) is 0. The van der Waals surface area contributed by atoms with Crippen molar-refractivity contribution in [2.45, 2.75) is 44.8 Å². The maximum atomic E-state index is 14.9. The molecule has 0 radical (unpaired) electrons. The molecule has 0 aliphatic carbocycles. The molecule has 0 N–H and O–H groups in total. The van der Waals surface area contributed by atoms with Gasteiger partial charge in [0.15, 0.2) is 5.82 Å². The van der Waals surface area contributed by atoms with Gasteiger partial charge in [0, 0.05) is 38.8 Å². The average molecular weight is 444 g/mol. The number of carbonyl (C=O) groups excluding carboxylic acids is 1. The second kappa shape index (κ2) is 8.52. The molecule has 0 unspecified atom stereocenters. The Kier molecular flexibility index (Phi) is 6.35. The predicted molar refractivity (Wildman–Crippen MR) is 108 cm³/mol. The van der Waals surface area contributed by atoms with Crippen molar-refractivity contribution in [3.8, 4) is 0 Å². The number of non-ortho nitro benzene ring substituents is 1. The van der Waals surface area contributed by atoms with Gasteiger partial charge in [-0.15, -0.1) is 0 Å². The molecule has 1 amide bonds. The second-order valence-electron chi connectivity index (χ2n) is 8.88. The summed E-state index contributed by atoms with van der Waals surface area (Å²) < 4.78 is 49.2. The fourth-order valence-electron chi connectivity index (χ4n) is 4.00. The maximum absolute atomic E-state index is 14.9. The number of halogens is 3. The van der Waals surface area contributed by atoms with Crippen LogP contribution in [-0.2, 0) is 4.74 Å². The zero-order chi connectivity index (χ0) is 23.0. The molecule has 2 saturated heterocycles. The van der Waals surface area contributed by atoms with Gasteiger partial charge in [0.25, 0.3) is 11.6 Å². The summed E-state index contributed by atoms with van der Waals surface area (Å²) in [5.41, 5.74) is -0.875. The fourth-order valence-corrected chi connectivity index (χ4v) is 4.00. The topological polar surface area (TPSA) is 79.2 Å². The van der Waals surface area contributed by atoms with E-state index >= 15 is 0 Å². The summed E-state index contributed by atoms with van der Waals surface area (Å²) in [7, 11) is 0. The van der Waals surface area contributed by atoms with Crippen LogP contribution < -0.4 is 4.90 Å². The number of alkyl halides is 2. The first-order chi connectivity index (χ1) is 14.4. The van der Waals surface area contributed by atoms with E-state index < -0.39 is 40.9 Å². The van der Waals surface area contributed by atoms with Crippen LogP contribution in [0.4, 0.5) is 29.3 Å². The van der Waals surface area contributed by atoms with Gasteiger partial charge >= 0.3 is 6.09 Å². The number of anilines is 1. The Balaban J connectivity index is 1.60. The largest absolute Gasteiger partial charge is 0.444 e. The molecule has 3 rings (SSSR count). The van der Waals surface area contributed by atoms with Gasteiger partial charge in [-0.25, -0.2) is 18.0 Å². The lowest BCUT2D eigenvalue weighted by molar-refractivity contribution is -0.385. The number of piperazine rings is 1. The molecule has 0 saturated carbocycles. The molecule has 0 aromatic heterocycles. The lowest BCUT2D eigenvalue weighted by Crippen LogP contribution is -2.62. The van der Waals surface area contributed by atoms with Crippen LogP contribution in [0.3, 0.4) is 0 Å². The van der Waals surface area contributed by atoms with Crippen molar-refractivity contribution in [2.75, 3.05) is 44.2 Å². The molecular formula is C20H27F3N4O4. The zero-order valence-corrected chi connectivity index (χ0v) is 17.8. The van der Waals surface area contributed by atoms with E-state index in [2.05, 4.69) is 0 Å². The van der Waals surface area contributed by atoms with E-state index in [1.165, 1.54) is 12.1 Å². The Morgan fingerprint density at radius 2 is 1.84 bits per heavy atom. The minimum Gasteiger partial charge on any atom is -0.444 e. The highest BCUT2D eigenvalue weighted by Gasteiger charge is 2.49. The summed E-state index contributed by atoms with van der Waals surface area (Å²) >= 11 is 0.